The molecule has 5 rings (SSSR count). The molecule has 2 aromatic heterocycles. The Morgan fingerprint density at radius 1 is 0.889 bits per heavy atom. The Hall–Kier alpha value is -2.80. The van der Waals surface area contributed by atoms with E-state index in [4.69, 9.17) is 0 Å². The Morgan fingerprint density at radius 3 is 2.52 bits per heavy atom. The average molecular weight is 364 g/mol. The van der Waals surface area contributed by atoms with Crippen molar-refractivity contribution < 1.29 is 4.39 Å². The fourth-order valence-electron chi connectivity index (χ4n) is 3.98. The summed E-state index contributed by atoms with van der Waals surface area (Å²) in [4.78, 5) is 20.2. The van der Waals surface area contributed by atoms with Crippen LogP contribution in [0.25, 0.3) is 10.9 Å². The van der Waals surface area contributed by atoms with Crippen LogP contribution in [0.15, 0.2) is 48.9 Å². The highest BCUT2D eigenvalue weighted by atomic mass is 19.1. The highest BCUT2D eigenvalue weighted by molar-refractivity contribution is 5.89. The van der Waals surface area contributed by atoms with Crippen LogP contribution in [0.1, 0.15) is 0 Å². The normalized spacial score (nSPS) is 18.7. The minimum absolute atomic E-state index is 0.249. The van der Waals surface area contributed by atoms with Gasteiger partial charge >= 0.3 is 0 Å². The number of fused-ring (bicyclic) bond motifs is 1. The van der Waals surface area contributed by atoms with Gasteiger partial charge in [0.25, 0.3) is 0 Å². The number of piperazine rings is 1. The molecule has 1 aromatic carbocycles. The number of aromatic nitrogens is 3. The maximum Gasteiger partial charge on any atom is 0.140 e. The minimum Gasteiger partial charge on any atom is -0.354 e. The molecule has 0 saturated carbocycles. The van der Waals surface area contributed by atoms with Gasteiger partial charge in [-0.05, 0) is 30.3 Å². The van der Waals surface area contributed by atoms with Gasteiger partial charge in [0.05, 0.1) is 5.52 Å². The zero-order chi connectivity index (χ0) is 18.2. The molecule has 0 spiro atoms. The summed E-state index contributed by atoms with van der Waals surface area (Å²) in [5.74, 6) is 1.64. The van der Waals surface area contributed by atoms with E-state index in [9.17, 15) is 4.39 Å². The third-order valence-corrected chi connectivity index (χ3v) is 5.54. The predicted molar refractivity (Wildman–Crippen MR) is 104 cm³/mol. The van der Waals surface area contributed by atoms with Gasteiger partial charge in [-0.3, -0.25) is 4.90 Å². The van der Waals surface area contributed by atoms with Gasteiger partial charge in [0.1, 0.15) is 23.8 Å². The van der Waals surface area contributed by atoms with Crippen LogP contribution < -0.4 is 9.80 Å². The first-order chi connectivity index (χ1) is 13.3. The smallest absolute Gasteiger partial charge is 0.140 e. The van der Waals surface area contributed by atoms with Crippen LogP contribution in [-0.2, 0) is 0 Å². The average Bonchev–Trinajstić information content (AvgIpc) is 2.68. The summed E-state index contributed by atoms with van der Waals surface area (Å²) < 4.78 is 13.7. The van der Waals surface area contributed by atoms with E-state index in [1.165, 1.54) is 12.1 Å². The van der Waals surface area contributed by atoms with Gasteiger partial charge in [-0.15, -0.1) is 0 Å². The van der Waals surface area contributed by atoms with Crippen LogP contribution in [0.3, 0.4) is 0 Å². The Labute approximate surface area is 157 Å². The maximum absolute atomic E-state index is 13.7. The summed E-state index contributed by atoms with van der Waals surface area (Å²) in [6.45, 7) is 5.91. The first kappa shape index (κ1) is 16.4. The van der Waals surface area contributed by atoms with E-state index < -0.39 is 0 Å². The molecule has 6 nitrogen and oxygen atoms in total. The molecule has 0 amide bonds. The molecule has 0 unspecified atom stereocenters. The van der Waals surface area contributed by atoms with E-state index in [0.717, 1.165) is 61.8 Å². The summed E-state index contributed by atoms with van der Waals surface area (Å²) in [6.07, 6.45) is 3.41. The van der Waals surface area contributed by atoms with Crippen molar-refractivity contribution in [3.63, 3.8) is 0 Å². The molecular formula is C20H21FN6. The molecule has 2 aliphatic rings. The van der Waals surface area contributed by atoms with E-state index >= 15 is 0 Å². The zero-order valence-electron chi connectivity index (χ0n) is 15.0. The second kappa shape index (κ2) is 6.74. The fourth-order valence-corrected chi connectivity index (χ4v) is 3.98. The standard InChI is InChI=1S/C20H21FN6/c21-15-4-5-18-17(11-15)20(24-14-23-18)27-12-16(13-27)25-7-9-26(10-8-25)19-3-1-2-6-22-19/h1-6,11,14,16H,7-10,12-13H2. The molecule has 0 radical (unpaired) electrons. The van der Waals surface area contributed by atoms with Crippen molar-refractivity contribution in [3.8, 4) is 0 Å². The summed E-state index contributed by atoms with van der Waals surface area (Å²) >= 11 is 0. The van der Waals surface area contributed by atoms with Crippen molar-refractivity contribution in [2.75, 3.05) is 49.1 Å². The summed E-state index contributed by atoms with van der Waals surface area (Å²) in [5, 5.41) is 0.788. The van der Waals surface area contributed by atoms with Crippen molar-refractivity contribution in [1.29, 1.82) is 0 Å². The van der Waals surface area contributed by atoms with Crippen molar-refractivity contribution in [2.24, 2.45) is 0 Å². The molecule has 0 N–H and O–H groups in total. The van der Waals surface area contributed by atoms with Gasteiger partial charge in [0, 0.05) is 56.9 Å². The molecule has 138 valence electrons. The quantitative estimate of drug-likeness (QED) is 0.710. The molecule has 4 heterocycles. The van der Waals surface area contributed by atoms with Crippen LogP contribution >= 0.6 is 0 Å². The molecule has 27 heavy (non-hydrogen) atoms. The second-order valence-electron chi connectivity index (χ2n) is 7.13. The molecule has 2 fully saturated rings. The van der Waals surface area contributed by atoms with E-state index in [0.29, 0.717) is 6.04 Å². The molecule has 0 bridgehead atoms. The zero-order valence-corrected chi connectivity index (χ0v) is 15.0. The van der Waals surface area contributed by atoms with Gasteiger partial charge in [0.2, 0.25) is 0 Å². The maximum atomic E-state index is 13.7. The molecule has 2 aliphatic heterocycles. The molecular weight excluding hydrogens is 343 g/mol. The summed E-state index contributed by atoms with van der Waals surface area (Å²) in [5.41, 5.74) is 0.786. The second-order valence-corrected chi connectivity index (χ2v) is 7.13. The number of halogens is 1. The van der Waals surface area contributed by atoms with E-state index in [1.807, 2.05) is 18.3 Å². The van der Waals surface area contributed by atoms with Gasteiger partial charge in [-0.25, -0.2) is 19.3 Å². The first-order valence-electron chi connectivity index (χ1n) is 9.33. The Morgan fingerprint density at radius 2 is 1.74 bits per heavy atom. The Kier molecular flexibility index (Phi) is 4.09. The van der Waals surface area contributed by atoms with E-state index in [1.54, 1.807) is 12.4 Å². The van der Waals surface area contributed by atoms with Crippen molar-refractivity contribution in [3.05, 3.63) is 54.7 Å². The number of anilines is 2. The van der Waals surface area contributed by atoms with Crippen LogP contribution in [0, 0.1) is 5.82 Å². The number of benzene rings is 1. The fraction of sp³-hybridized carbons (Fsp3) is 0.350. The topological polar surface area (TPSA) is 48.4 Å². The lowest BCUT2D eigenvalue weighted by molar-refractivity contribution is 0.156. The molecule has 0 atom stereocenters. The summed E-state index contributed by atoms with van der Waals surface area (Å²) in [6, 6.07) is 11.3. The first-order valence-corrected chi connectivity index (χ1v) is 9.33. The van der Waals surface area contributed by atoms with Crippen LogP contribution in [-0.4, -0.2) is 65.2 Å². The number of nitrogens with zero attached hydrogens (tertiary/aromatic N) is 6. The van der Waals surface area contributed by atoms with Crippen molar-refractivity contribution in [2.45, 2.75) is 6.04 Å². The van der Waals surface area contributed by atoms with Crippen LogP contribution in [0.5, 0.6) is 0 Å². The van der Waals surface area contributed by atoms with Crippen LogP contribution in [0.4, 0.5) is 16.0 Å². The van der Waals surface area contributed by atoms with Gasteiger partial charge < -0.3 is 9.80 Å². The highest BCUT2D eigenvalue weighted by Gasteiger charge is 2.35. The third kappa shape index (κ3) is 3.08. The van der Waals surface area contributed by atoms with Crippen molar-refractivity contribution in [1.82, 2.24) is 19.9 Å². The van der Waals surface area contributed by atoms with Crippen LogP contribution in [0.2, 0.25) is 0 Å². The molecule has 2 saturated heterocycles. The predicted octanol–water partition coefficient (Wildman–Crippen LogP) is 2.17. The Balaban J connectivity index is 1.23. The lowest BCUT2D eigenvalue weighted by Gasteiger charge is -2.48. The van der Waals surface area contributed by atoms with Crippen molar-refractivity contribution >= 4 is 22.5 Å². The third-order valence-electron chi connectivity index (χ3n) is 5.54. The minimum atomic E-state index is -0.249. The lowest BCUT2D eigenvalue weighted by atomic mass is 10.0. The number of rotatable bonds is 3. The van der Waals surface area contributed by atoms with E-state index in [-0.39, 0.29) is 5.82 Å². The number of hydrogen-bond donors (Lipinski definition) is 0. The van der Waals surface area contributed by atoms with E-state index in [2.05, 4.69) is 35.7 Å². The number of pyridine rings is 1. The van der Waals surface area contributed by atoms with Gasteiger partial charge in [0.15, 0.2) is 0 Å². The molecule has 3 aromatic rings. The lowest BCUT2D eigenvalue weighted by Crippen LogP contribution is -2.63. The summed E-state index contributed by atoms with van der Waals surface area (Å²) in [7, 11) is 0. The molecule has 7 heteroatoms. The number of hydrogen-bond acceptors (Lipinski definition) is 6. The largest absolute Gasteiger partial charge is 0.354 e. The van der Waals surface area contributed by atoms with Gasteiger partial charge in [-0.1, -0.05) is 6.07 Å². The SMILES string of the molecule is Fc1ccc2ncnc(N3CC(N4CCN(c5ccccn5)CC4)C3)c2c1. The highest BCUT2D eigenvalue weighted by Crippen LogP contribution is 2.29. The monoisotopic (exact) mass is 364 g/mol. The Bertz CT molecular complexity index is 936. The molecule has 0 aliphatic carbocycles. The van der Waals surface area contributed by atoms with Gasteiger partial charge in [-0.2, -0.15) is 0 Å².